The Hall–Kier alpha value is -1.16. The van der Waals surface area contributed by atoms with E-state index in [0.717, 1.165) is 15.4 Å². The summed E-state index contributed by atoms with van der Waals surface area (Å²) in [6, 6.07) is 12.8. The monoisotopic (exact) mass is 312 g/mol. The highest BCUT2D eigenvalue weighted by Crippen LogP contribution is 2.34. The normalized spacial score (nSPS) is 10.4. The SMILES string of the molecule is O=C(O)Cc1ccccc1Sc1ccc(Cl)c(Cl)c1. The molecule has 0 aliphatic carbocycles. The predicted molar refractivity (Wildman–Crippen MR) is 78.4 cm³/mol. The molecule has 2 rings (SSSR count). The topological polar surface area (TPSA) is 37.3 Å². The van der Waals surface area contributed by atoms with Crippen molar-refractivity contribution in [2.45, 2.75) is 16.2 Å². The lowest BCUT2D eigenvalue weighted by Gasteiger charge is -2.08. The number of rotatable bonds is 4. The number of aliphatic carboxylic acids is 1. The first-order valence-corrected chi connectivity index (χ1v) is 7.06. The molecule has 0 spiro atoms. The van der Waals surface area contributed by atoms with E-state index < -0.39 is 5.97 Å². The zero-order valence-electron chi connectivity index (χ0n) is 9.77. The van der Waals surface area contributed by atoms with Gasteiger partial charge in [-0.3, -0.25) is 4.79 Å². The molecule has 98 valence electrons. The minimum Gasteiger partial charge on any atom is -0.481 e. The van der Waals surface area contributed by atoms with Gasteiger partial charge >= 0.3 is 5.97 Å². The largest absolute Gasteiger partial charge is 0.481 e. The number of carboxylic acids is 1. The summed E-state index contributed by atoms with van der Waals surface area (Å²) in [4.78, 5) is 12.7. The van der Waals surface area contributed by atoms with Crippen molar-refractivity contribution in [2.75, 3.05) is 0 Å². The standard InChI is InChI=1S/C14H10Cl2O2S/c15-11-6-5-10(8-12(11)16)19-13-4-2-1-3-9(13)7-14(17)18/h1-6,8H,7H2,(H,17,18). The van der Waals surface area contributed by atoms with Gasteiger partial charge in [0.2, 0.25) is 0 Å². The molecule has 5 heteroatoms. The third-order valence-corrected chi connectivity index (χ3v) is 4.28. The Morgan fingerprint density at radius 1 is 1.11 bits per heavy atom. The van der Waals surface area contributed by atoms with Gasteiger partial charge in [-0.15, -0.1) is 0 Å². The number of carbonyl (C=O) groups is 1. The van der Waals surface area contributed by atoms with Gasteiger partial charge in [0.1, 0.15) is 0 Å². The molecule has 2 nitrogen and oxygen atoms in total. The quantitative estimate of drug-likeness (QED) is 0.883. The lowest BCUT2D eigenvalue weighted by Crippen LogP contribution is -2.01. The summed E-state index contributed by atoms with van der Waals surface area (Å²) in [5.74, 6) is -0.845. The minimum atomic E-state index is -0.845. The summed E-state index contributed by atoms with van der Waals surface area (Å²) in [5.41, 5.74) is 0.783. The van der Waals surface area contributed by atoms with Crippen molar-refractivity contribution < 1.29 is 9.90 Å². The van der Waals surface area contributed by atoms with Crippen molar-refractivity contribution in [2.24, 2.45) is 0 Å². The van der Waals surface area contributed by atoms with Crippen molar-refractivity contribution in [1.29, 1.82) is 0 Å². The van der Waals surface area contributed by atoms with Crippen LogP contribution in [0.15, 0.2) is 52.3 Å². The fraction of sp³-hybridized carbons (Fsp3) is 0.0714. The van der Waals surface area contributed by atoms with Crippen LogP contribution in [-0.4, -0.2) is 11.1 Å². The van der Waals surface area contributed by atoms with Gasteiger partial charge in [0, 0.05) is 9.79 Å². The molecular formula is C14H10Cl2O2S. The predicted octanol–water partition coefficient (Wildman–Crippen LogP) is 4.77. The summed E-state index contributed by atoms with van der Waals surface area (Å²) < 4.78 is 0. The smallest absolute Gasteiger partial charge is 0.307 e. The van der Waals surface area contributed by atoms with Crippen molar-refractivity contribution in [3.05, 3.63) is 58.1 Å². The number of carboxylic acid groups (broad SMARTS) is 1. The highest BCUT2D eigenvalue weighted by atomic mass is 35.5. The van der Waals surface area contributed by atoms with Crippen LogP contribution in [0.4, 0.5) is 0 Å². The Morgan fingerprint density at radius 3 is 2.53 bits per heavy atom. The van der Waals surface area contributed by atoms with E-state index in [0.29, 0.717) is 10.0 Å². The minimum absolute atomic E-state index is 0.00446. The Kier molecular flexibility index (Phi) is 4.75. The Bertz CT molecular complexity index is 614. The van der Waals surface area contributed by atoms with E-state index in [-0.39, 0.29) is 6.42 Å². The van der Waals surface area contributed by atoms with Crippen LogP contribution in [0.25, 0.3) is 0 Å². The molecule has 0 amide bonds. The first kappa shape index (κ1) is 14.3. The van der Waals surface area contributed by atoms with E-state index in [1.807, 2.05) is 30.3 Å². The highest BCUT2D eigenvalue weighted by Gasteiger charge is 2.08. The fourth-order valence-electron chi connectivity index (χ4n) is 1.58. The molecule has 0 aliphatic rings. The average Bonchev–Trinajstić information content (AvgIpc) is 2.36. The molecule has 1 N–H and O–H groups in total. The second-order valence-electron chi connectivity index (χ2n) is 3.86. The molecule has 0 fully saturated rings. The van der Waals surface area contributed by atoms with Gasteiger partial charge in [-0.1, -0.05) is 53.2 Å². The average molecular weight is 313 g/mol. The van der Waals surface area contributed by atoms with Crippen molar-refractivity contribution >= 4 is 40.9 Å². The molecule has 0 saturated carbocycles. The molecule has 0 atom stereocenters. The van der Waals surface area contributed by atoms with Gasteiger partial charge in [0.25, 0.3) is 0 Å². The van der Waals surface area contributed by atoms with Crippen LogP contribution in [0.1, 0.15) is 5.56 Å². The molecule has 0 aromatic heterocycles. The maximum Gasteiger partial charge on any atom is 0.307 e. The maximum atomic E-state index is 10.8. The molecule has 2 aromatic carbocycles. The fourth-order valence-corrected chi connectivity index (χ4v) is 2.93. The van der Waals surface area contributed by atoms with Crippen molar-refractivity contribution in [3.8, 4) is 0 Å². The van der Waals surface area contributed by atoms with E-state index in [9.17, 15) is 4.79 Å². The van der Waals surface area contributed by atoms with Crippen LogP contribution in [0.5, 0.6) is 0 Å². The van der Waals surface area contributed by atoms with Gasteiger partial charge in [-0.2, -0.15) is 0 Å². The van der Waals surface area contributed by atoms with E-state index in [1.165, 1.54) is 11.8 Å². The van der Waals surface area contributed by atoms with E-state index in [2.05, 4.69) is 0 Å². The van der Waals surface area contributed by atoms with E-state index in [1.54, 1.807) is 12.1 Å². The second-order valence-corrected chi connectivity index (χ2v) is 5.79. The Labute approximate surface area is 125 Å². The van der Waals surface area contributed by atoms with Crippen LogP contribution in [0.3, 0.4) is 0 Å². The molecule has 19 heavy (non-hydrogen) atoms. The number of benzene rings is 2. The second kappa shape index (κ2) is 6.33. The number of hydrogen-bond donors (Lipinski definition) is 1. The van der Waals surface area contributed by atoms with Gasteiger partial charge in [-0.05, 0) is 29.8 Å². The van der Waals surface area contributed by atoms with Crippen LogP contribution in [-0.2, 0) is 11.2 Å². The third kappa shape index (κ3) is 3.90. The van der Waals surface area contributed by atoms with Crippen LogP contribution in [0, 0.1) is 0 Å². The van der Waals surface area contributed by atoms with Crippen LogP contribution in [0.2, 0.25) is 10.0 Å². The maximum absolute atomic E-state index is 10.8. The van der Waals surface area contributed by atoms with E-state index in [4.69, 9.17) is 28.3 Å². The lowest BCUT2D eigenvalue weighted by molar-refractivity contribution is -0.136. The Morgan fingerprint density at radius 2 is 1.84 bits per heavy atom. The summed E-state index contributed by atoms with van der Waals surface area (Å²) in [6.45, 7) is 0. The first-order chi connectivity index (χ1) is 9.06. The van der Waals surface area contributed by atoms with E-state index >= 15 is 0 Å². The molecule has 0 bridgehead atoms. The van der Waals surface area contributed by atoms with Gasteiger partial charge < -0.3 is 5.11 Å². The molecule has 0 aliphatic heterocycles. The zero-order valence-corrected chi connectivity index (χ0v) is 12.1. The highest BCUT2D eigenvalue weighted by molar-refractivity contribution is 7.99. The summed E-state index contributed by atoms with van der Waals surface area (Å²) in [7, 11) is 0. The van der Waals surface area contributed by atoms with Crippen molar-refractivity contribution in [1.82, 2.24) is 0 Å². The van der Waals surface area contributed by atoms with Crippen LogP contribution >= 0.6 is 35.0 Å². The van der Waals surface area contributed by atoms with Crippen molar-refractivity contribution in [3.63, 3.8) is 0 Å². The number of hydrogen-bond acceptors (Lipinski definition) is 2. The molecule has 2 aromatic rings. The molecule has 0 radical (unpaired) electrons. The van der Waals surface area contributed by atoms with Gasteiger partial charge in [-0.25, -0.2) is 0 Å². The molecule has 0 unspecified atom stereocenters. The lowest BCUT2D eigenvalue weighted by atomic mass is 10.1. The summed E-state index contributed by atoms with van der Waals surface area (Å²) in [6.07, 6.45) is 0.00446. The Balaban J connectivity index is 2.27. The zero-order chi connectivity index (χ0) is 13.8. The van der Waals surface area contributed by atoms with Gasteiger partial charge in [0.05, 0.1) is 16.5 Å². The number of halogens is 2. The van der Waals surface area contributed by atoms with Crippen LogP contribution < -0.4 is 0 Å². The molecular weight excluding hydrogens is 303 g/mol. The summed E-state index contributed by atoms with van der Waals surface area (Å²) >= 11 is 13.3. The van der Waals surface area contributed by atoms with Gasteiger partial charge in [0.15, 0.2) is 0 Å². The molecule has 0 heterocycles. The summed E-state index contributed by atoms with van der Waals surface area (Å²) in [5, 5.41) is 9.88. The molecule has 0 saturated heterocycles. The third-order valence-electron chi connectivity index (χ3n) is 2.43. The first-order valence-electron chi connectivity index (χ1n) is 5.49.